The van der Waals surface area contributed by atoms with Gasteiger partial charge in [0.15, 0.2) is 6.23 Å². The highest BCUT2D eigenvalue weighted by Gasteiger charge is 2.63. The zero-order chi connectivity index (χ0) is 28.6. The quantitative estimate of drug-likeness (QED) is 0.134. The number of carbonyl (C=O) groups excluding carboxylic acids is 2. The molecule has 2 unspecified atom stereocenters. The highest BCUT2D eigenvalue weighted by Crippen LogP contribution is 2.48. The van der Waals surface area contributed by atoms with Crippen LogP contribution >= 0.6 is 8.03 Å². The highest BCUT2D eigenvalue weighted by molar-refractivity contribution is 7.39. The first-order valence-corrected chi connectivity index (χ1v) is 15.2. The van der Waals surface area contributed by atoms with Crippen LogP contribution in [0.25, 0.3) is 0 Å². The smallest absolute Gasteiger partial charge is 0.469 e. The van der Waals surface area contributed by atoms with Gasteiger partial charge in [0.2, 0.25) is 11.6 Å². The Morgan fingerprint density at radius 3 is 2.26 bits per heavy atom. The topological polar surface area (TPSA) is 76.2 Å². The van der Waals surface area contributed by atoms with E-state index in [0.717, 1.165) is 17.5 Å². The van der Waals surface area contributed by atoms with E-state index in [1.807, 2.05) is 77.1 Å². The molecule has 0 radical (unpaired) electrons. The summed E-state index contributed by atoms with van der Waals surface area (Å²) in [6.07, 6.45) is 3.43. The van der Waals surface area contributed by atoms with E-state index in [0.29, 0.717) is 38.2 Å². The molecular formula is C31H42N2O5P+. The summed E-state index contributed by atoms with van der Waals surface area (Å²) in [5, 5.41) is 0. The molecule has 3 rings (SSSR count). The van der Waals surface area contributed by atoms with Crippen molar-refractivity contribution in [1.29, 1.82) is 0 Å². The molecule has 3 amide bonds. The molecule has 7 nitrogen and oxygen atoms in total. The Kier molecular flexibility index (Phi) is 10.8. The summed E-state index contributed by atoms with van der Waals surface area (Å²) in [6.45, 7) is 14.4. The van der Waals surface area contributed by atoms with E-state index in [9.17, 15) is 14.2 Å². The largest absolute Gasteiger partial charge is 0.516 e. The third-order valence-corrected chi connectivity index (χ3v) is 9.22. The van der Waals surface area contributed by atoms with Gasteiger partial charge in [-0.25, -0.2) is 9.69 Å². The Morgan fingerprint density at radius 1 is 1.08 bits per heavy atom. The number of nitrogens with zero attached hydrogens (tertiary/aromatic N) is 2. The molecule has 1 aliphatic rings. The van der Waals surface area contributed by atoms with Crippen molar-refractivity contribution in [1.82, 2.24) is 9.80 Å². The maximum Gasteiger partial charge on any atom is 0.516 e. The summed E-state index contributed by atoms with van der Waals surface area (Å²) < 4.78 is 24.4. The van der Waals surface area contributed by atoms with E-state index in [2.05, 4.69) is 6.58 Å². The van der Waals surface area contributed by atoms with Crippen LogP contribution in [0.4, 0.5) is 4.79 Å². The van der Waals surface area contributed by atoms with Crippen LogP contribution < -0.4 is 4.74 Å². The Labute approximate surface area is 234 Å². The number of benzene rings is 2. The minimum atomic E-state index is -1.89. The Morgan fingerprint density at radius 2 is 1.72 bits per heavy atom. The monoisotopic (exact) mass is 553 g/mol. The fourth-order valence-corrected chi connectivity index (χ4v) is 6.42. The van der Waals surface area contributed by atoms with Crippen molar-refractivity contribution in [2.45, 2.75) is 78.2 Å². The lowest BCUT2D eigenvalue weighted by Gasteiger charge is -2.54. The molecule has 0 spiro atoms. The van der Waals surface area contributed by atoms with Crippen molar-refractivity contribution in [2.75, 3.05) is 13.2 Å². The molecule has 0 N–H and O–H groups in total. The van der Waals surface area contributed by atoms with E-state index < -0.39 is 19.7 Å². The molecule has 1 aliphatic heterocycles. The van der Waals surface area contributed by atoms with Gasteiger partial charge in [-0.3, -0.25) is 4.79 Å². The summed E-state index contributed by atoms with van der Waals surface area (Å²) in [6, 6.07) is 16.6. The van der Waals surface area contributed by atoms with Crippen LogP contribution in [0, 0.1) is 5.41 Å². The fourth-order valence-electron chi connectivity index (χ4n) is 5.25. The van der Waals surface area contributed by atoms with Gasteiger partial charge in [-0.2, -0.15) is 0 Å². The van der Waals surface area contributed by atoms with Gasteiger partial charge >= 0.3 is 14.1 Å². The van der Waals surface area contributed by atoms with E-state index in [-0.39, 0.29) is 23.6 Å². The van der Waals surface area contributed by atoms with Crippen LogP contribution in [0.1, 0.15) is 83.1 Å². The maximum atomic E-state index is 13.9. The number of hydrogen-bond donors (Lipinski definition) is 0. The van der Waals surface area contributed by atoms with Crippen LogP contribution in [0.5, 0.6) is 5.75 Å². The molecule has 0 saturated carbocycles. The molecular weight excluding hydrogens is 511 g/mol. The zero-order valence-electron chi connectivity index (χ0n) is 23.8. The van der Waals surface area contributed by atoms with Gasteiger partial charge in [-0.15, -0.1) is 11.1 Å². The normalized spacial score (nSPS) is 18.1. The summed E-state index contributed by atoms with van der Waals surface area (Å²) in [4.78, 5) is 30.5. The van der Waals surface area contributed by atoms with Crippen LogP contribution in [0.3, 0.4) is 0 Å². The number of likely N-dealkylation sites (tertiary alicyclic amines) is 1. The van der Waals surface area contributed by atoms with Gasteiger partial charge < -0.3 is 9.64 Å². The molecule has 2 aromatic rings. The van der Waals surface area contributed by atoms with Gasteiger partial charge in [-0.1, -0.05) is 69.3 Å². The SMILES string of the molecule is C=CCC(c1ccc(O[C@@H]2N(C(=O)N(CCC)[C@H](C)c3ccccc3)C(=O)C2(CC)CC)cc1)[P+](=O)OCC. The standard InChI is InChI=1S/C31H42N2O5P/c1-7-15-27(39(36)37-11-5)25-18-20-26(21-19-25)38-29-31(9-3,10-4)28(34)33(29)30(35)32(22-8-2)23(6)24-16-13-12-14-17-24/h7,12-14,16-21,23,27,29H,1,8-11,15,22H2,2-6H3/q+1/t23-,27?,29+/m1/s1. The van der Waals surface area contributed by atoms with Crippen molar-refractivity contribution in [2.24, 2.45) is 5.41 Å². The number of carbonyl (C=O) groups is 2. The first kappa shape index (κ1) is 30.5. The summed E-state index contributed by atoms with van der Waals surface area (Å²) in [5.74, 6) is 0.350. The molecule has 1 fully saturated rings. The Balaban J connectivity index is 1.88. The number of hydrogen-bond acceptors (Lipinski definition) is 5. The number of amides is 3. The van der Waals surface area contributed by atoms with Crippen LogP contribution in [0.2, 0.25) is 0 Å². The summed E-state index contributed by atoms with van der Waals surface area (Å²) >= 11 is 0. The maximum absolute atomic E-state index is 13.9. The van der Waals surface area contributed by atoms with Crippen molar-refractivity contribution < 1.29 is 23.4 Å². The molecule has 1 heterocycles. The van der Waals surface area contributed by atoms with Gasteiger partial charge in [0.1, 0.15) is 11.2 Å². The minimum absolute atomic E-state index is 0.194. The summed E-state index contributed by atoms with van der Waals surface area (Å²) in [7, 11) is -1.89. The molecule has 1 saturated heterocycles. The number of β-lactam (4-membered cyclic amide) rings is 1. The van der Waals surface area contributed by atoms with Crippen molar-refractivity contribution in [3.63, 3.8) is 0 Å². The van der Waals surface area contributed by atoms with E-state index >= 15 is 0 Å². The first-order chi connectivity index (χ1) is 18.8. The lowest BCUT2D eigenvalue weighted by Crippen LogP contribution is -2.74. The molecule has 0 bridgehead atoms. The fraction of sp³-hybridized carbons (Fsp3) is 0.484. The van der Waals surface area contributed by atoms with Gasteiger partial charge in [0, 0.05) is 18.5 Å². The van der Waals surface area contributed by atoms with E-state index in [1.54, 1.807) is 23.1 Å². The average Bonchev–Trinajstić information content (AvgIpc) is 2.96. The number of urea groups is 1. The zero-order valence-corrected chi connectivity index (χ0v) is 24.7. The molecule has 39 heavy (non-hydrogen) atoms. The third-order valence-electron chi connectivity index (χ3n) is 7.69. The number of allylic oxidation sites excluding steroid dienone is 1. The molecule has 0 aromatic heterocycles. The molecule has 0 aliphatic carbocycles. The third kappa shape index (κ3) is 6.26. The van der Waals surface area contributed by atoms with E-state index in [1.165, 1.54) is 4.90 Å². The first-order valence-electron chi connectivity index (χ1n) is 13.9. The average molecular weight is 554 g/mol. The molecule has 210 valence electrons. The Bertz CT molecular complexity index is 1130. The lowest BCUT2D eigenvalue weighted by atomic mass is 9.72. The van der Waals surface area contributed by atoms with Crippen molar-refractivity contribution in [3.05, 3.63) is 78.4 Å². The van der Waals surface area contributed by atoms with Gasteiger partial charge in [0.05, 0.1) is 12.6 Å². The van der Waals surface area contributed by atoms with Gasteiger partial charge in [-0.05, 0) is 55.4 Å². The van der Waals surface area contributed by atoms with E-state index in [4.69, 9.17) is 9.26 Å². The number of rotatable bonds is 14. The van der Waals surface area contributed by atoms with Gasteiger partial charge in [0.25, 0.3) is 0 Å². The highest BCUT2D eigenvalue weighted by atomic mass is 31.1. The number of ether oxygens (including phenoxy) is 1. The summed E-state index contributed by atoms with van der Waals surface area (Å²) in [5.41, 5.74) is 0.795. The molecule has 4 atom stereocenters. The predicted molar refractivity (Wildman–Crippen MR) is 155 cm³/mol. The van der Waals surface area contributed by atoms with Crippen molar-refractivity contribution >= 4 is 20.0 Å². The van der Waals surface area contributed by atoms with Crippen LogP contribution in [-0.4, -0.2) is 41.1 Å². The minimum Gasteiger partial charge on any atom is -0.469 e. The number of imide groups is 1. The second-order valence-electron chi connectivity index (χ2n) is 9.88. The van der Waals surface area contributed by atoms with Crippen molar-refractivity contribution in [3.8, 4) is 5.75 Å². The van der Waals surface area contributed by atoms with Crippen LogP contribution in [-0.2, 0) is 13.9 Å². The predicted octanol–water partition coefficient (Wildman–Crippen LogP) is 8.03. The second-order valence-corrected chi connectivity index (χ2v) is 11.3. The lowest BCUT2D eigenvalue weighted by molar-refractivity contribution is -0.192. The second kappa shape index (κ2) is 13.9. The Hall–Kier alpha value is -3.02. The molecule has 8 heteroatoms. The van der Waals surface area contributed by atoms with Crippen LogP contribution in [0.15, 0.2) is 67.3 Å². The molecule has 2 aromatic carbocycles.